The van der Waals surface area contributed by atoms with Crippen LogP contribution in [0.15, 0.2) is 164 Å². The summed E-state index contributed by atoms with van der Waals surface area (Å²) < 4.78 is 0. The Hall–Kier alpha value is -6.85. The average Bonchev–Trinajstić information content (AvgIpc) is 3.19. The quantitative estimate of drug-likeness (QED) is 0.180. The fraction of sp³-hybridized carbons (Fsp3) is 0. The highest BCUT2D eigenvalue weighted by Gasteiger charge is 2.12. The SMILES string of the molecule is c1ccc2cc(-c3ccc4cc(-c5ccc6nc(-c7ccc(-c8cc9cccnc9c9ncccc89)cc7)ccc6c5)ccc4n3)ncc2c1. The lowest BCUT2D eigenvalue weighted by molar-refractivity contribution is 1.29. The standard InChI is InChI=1S/C45H27N5/c1-2-6-36-27-48-43(26-30(36)5-1)42-20-16-34-24-32(14-18-41(34)50-42)31-13-17-40-33(23-31)15-19-39(49-40)29-11-9-28(10-12-29)38-25-35-7-3-21-46-44(35)45-37(38)8-4-22-47-45/h1-27H. The molecule has 5 heterocycles. The van der Waals surface area contributed by atoms with Crippen molar-refractivity contribution < 1.29 is 0 Å². The van der Waals surface area contributed by atoms with Gasteiger partial charge in [-0.2, -0.15) is 0 Å². The van der Waals surface area contributed by atoms with Crippen LogP contribution in [0.4, 0.5) is 0 Å². The highest BCUT2D eigenvalue weighted by atomic mass is 14.8. The first kappa shape index (κ1) is 28.2. The Kier molecular flexibility index (Phi) is 6.42. The van der Waals surface area contributed by atoms with Gasteiger partial charge in [-0.1, -0.05) is 84.9 Å². The maximum absolute atomic E-state index is 5.05. The predicted octanol–water partition coefficient (Wildman–Crippen LogP) is 11.1. The minimum absolute atomic E-state index is 0.871. The molecule has 5 heteroatoms. The molecule has 0 aliphatic rings. The van der Waals surface area contributed by atoms with Crippen LogP contribution in [0.2, 0.25) is 0 Å². The van der Waals surface area contributed by atoms with Gasteiger partial charge < -0.3 is 0 Å². The molecule has 0 saturated carbocycles. The Bertz CT molecular complexity index is 2930. The summed E-state index contributed by atoms with van der Waals surface area (Å²) in [6.07, 6.45) is 5.57. The van der Waals surface area contributed by atoms with E-state index in [9.17, 15) is 0 Å². The second-order valence-electron chi connectivity index (χ2n) is 12.6. The third-order valence-corrected chi connectivity index (χ3v) is 9.56. The lowest BCUT2D eigenvalue weighted by atomic mass is 9.96. The number of nitrogens with zero attached hydrogens (tertiary/aromatic N) is 5. The van der Waals surface area contributed by atoms with E-state index in [0.717, 1.165) is 99.3 Å². The van der Waals surface area contributed by atoms with E-state index >= 15 is 0 Å². The predicted molar refractivity (Wildman–Crippen MR) is 205 cm³/mol. The number of hydrogen-bond acceptors (Lipinski definition) is 5. The molecule has 5 nitrogen and oxygen atoms in total. The zero-order valence-electron chi connectivity index (χ0n) is 26.8. The molecule has 5 aromatic heterocycles. The van der Waals surface area contributed by atoms with Crippen LogP contribution in [0.1, 0.15) is 0 Å². The smallest absolute Gasteiger partial charge is 0.0970 e. The van der Waals surface area contributed by atoms with Gasteiger partial charge in [-0.25, -0.2) is 9.97 Å². The van der Waals surface area contributed by atoms with Gasteiger partial charge in [0.25, 0.3) is 0 Å². The van der Waals surface area contributed by atoms with Crippen LogP contribution < -0.4 is 0 Å². The van der Waals surface area contributed by atoms with Crippen LogP contribution in [0.25, 0.3) is 99.3 Å². The zero-order chi connectivity index (χ0) is 33.0. The first-order chi connectivity index (χ1) is 24.7. The molecule has 5 aromatic carbocycles. The van der Waals surface area contributed by atoms with E-state index in [2.05, 4.69) is 136 Å². The van der Waals surface area contributed by atoms with Gasteiger partial charge in [-0.05, 0) is 88.3 Å². The summed E-state index contributed by atoms with van der Waals surface area (Å²) in [6, 6.07) is 50.8. The van der Waals surface area contributed by atoms with E-state index < -0.39 is 0 Å². The van der Waals surface area contributed by atoms with Gasteiger partial charge in [-0.3, -0.25) is 15.0 Å². The van der Waals surface area contributed by atoms with Crippen molar-refractivity contribution in [2.75, 3.05) is 0 Å². The first-order valence-corrected chi connectivity index (χ1v) is 16.6. The van der Waals surface area contributed by atoms with Crippen molar-refractivity contribution in [3.8, 4) is 44.9 Å². The molecule has 10 rings (SSSR count). The molecule has 0 N–H and O–H groups in total. The summed E-state index contributed by atoms with van der Waals surface area (Å²) in [5, 5.41) is 6.65. The Morgan fingerprint density at radius 1 is 0.340 bits per heavy atom. The van der Waals surface area contributed by atoms with Crippen molar-refractivity contribution in [3.63, 3.8) is 0 Å². The number of pyridine rings is 5. The van der Waals surface area contributed by atoms with E-state index in [1.165, 1.54) is 0 Å². The van der Waals surface area contributed by atoms with Crippen LogP contribution in [-0.2, 0) is 0 Å². The highest BCUT2D eigenvalue weighted by molar-refractivity contribution is 6.10. The molecule has 0 radical (unpaired) electrons. The van der Waals surface area contributed by atoms with E-state index in [-0.39, 0.29) is 0 Å². The monoisotopic (exact) mass is 637 g/mol. The Morgan fingerprint density at radius 3 is 1.74 bits per heavy atom. The van der Waals surface area contributed by atoms with Gasteiger partial charge in [0.05, 0.1) is 39.1 Å². The molecule has 0 fully saturated rings. The third kappa shape index (κ3) is 4.83. The topological polar surface area (TPSA) is 64.5 Å². The average molecular weight is 638 g/mol. The van der Waals surface area contributed by atoms with Crippen molar-refractivity contribution in [3.05, 3.63) is 164 Å². The molecular weight excluding hydrogens is 611 g/mol. The van der Waals surface area contributed by atoms with Crippen LogP contribution in [0.5, 0.6) is 0 Å². The first-order valence-electron chi connectivity index (χ1n) is 16.6. The van der Waals surface area contributed by atoms with Crippen molar-refractivity contribution in [1.82, 2.24) is 24.9 Å². The molecule has 10 aromatic rings. The largest absolute Gasteiger partial charge is 0.254 e. The summed E-state index contributed by atoms with van der Waals surface area (Å²) in [5.74, 6) is 0. The summed E-state index contributed by atoms with van der Waals surface area (Å²) in [7, 11) is 0. The summed E-state index contributed by atoms with van der Waals surface area (Å²) in [5.41, 5.74) is 12.1. The van der Waals surface area contributed by atoms with Gasteiger partial charge in [-0.15, -0.1) is 0 Å². The second kappa shape index (κ2) is 11.4. The third-order valence-electron chi connectivity index (χ3n) is 9.56. The van der Waals surface area contributed by atoms with Crippen molar-refractivity contribution >= 4 is 54.4 Å². The number of benzene rings is 5. The molecular formula is C45H27N5. The summed E-state index contributed by atoms with van der Waals surface area (Å²) in [6.45, 7) is 0. The number of fused-ring (bicyclic) bond motifs is 6. The maximum atomic E-state index is 5.05. The summed E-state index contributed by atoms with van der Waals surface area (Å²) >= 11 is 0. The molecule has 0 aliphatic heterocycles. The Balaban J connectivity index is 0.936. The van der Waals surface area contributed by atoms with E-state index in [1.807, 2.05) is 42.9 Å². The van der Waals surface area contributed by atoms with Crippen LogP contribution >= 0.6 is 0 Å². The van der Waals surface area contributed by atoms with Crippen molar-refractivity contribution in [2.24, 2.45) is 0 Å². The Morgan fingerprint density at radius 2 is 0.960 bits per heavy atom. The molecule has 0 atom stereocenters. The molecule has 0 amide bonds. The molecule has 0 spiro atoms. The summed E-state index contributed by atoms with van der Waals surface area (Å²) in [4.78, 5) is 23.9. The number of aromatic nitrogens is 5. The zero-order valence-corrected chi connectivity index (χ0v) is 26.8. The molecule has 0 aliphatic carbocycles. The number of hydrogen-bond donors (Lipinski definition) is 0. The Labute approximate surface area is 287 Å². The van der Waals surface area contributed by atoms with E-state index in [0.29, 0.717) is 0 Å². The molecule has 0 saturated heterocycles. The van der Waals surface area contributed by atoms with Crippen molar-refractivity contribution in [1.29, 1.82) is 0 Å². The van der Waals surface area contributed by atoms with Crippen molar-refractivity contribution in [2.45, 2.75) is 0 Å². The molecule has 0 bridgehead atoms. The fourth-order valence-corrected chi connectivity index (χ4v) is 6.97. The molecule has 232 valence electrons. The van der Waals surface area contributed by atoms with E-state index in [1.54, 1.807) is 0 Å². The minimum Gasteiger partial charge on any atom is -0.254 e. The maximum Gasteiger partial charge on any atom is 0.0970 e. The van der Waals surface area contributed by atoms with Gasteiger partial charge in [0, 0.05) is 51.1 Å². The lowest BCUT2D eigenvalue weighted by Crippen LogP contribution is -1.90. The molecule has 0 unspecified atom stereocenters. The lowest BCUT2D eigenvalue weighted by Gasteiger charge is -2.11. The normalized spacial score (nSPS) is 11.6. The highest BCUT2D eigenvalue weighted by Crippen LogP contribution is 2.35. The minimum atomic E-state index is 0.871. The van der Waals surface area contributed by atoms with Crippen LogP contribution in [0, 0.1) is 0 Å². The molecule has 50 heavy (non-hydrogen) atoms. The van der Waals surface area contributed by atoms with E-state index in [4.69, 9.17) is 9.97 Å². The van der Waals surface area contributed by atoms with Gasteiger partial charge in [0.1, 0.15) is 0 Å². The van der Waals surface area contributed by atoms with Crippen LogP contribution in [-0.4, -0.2) is 24.9 Å². The van der Waals surface area contributed by atoms with Gasteiger partial charge in [0.15, 0.2) is 0 Å². The van der Waals surface area contributed by atoms with Gasteiger partial charge >= 0.3 is 0 Å². The van der Waals surface area contributed by atoms with Gasteiger partial charge in [0.2, 0.25) is 0 Å². The number of rotatable bonds is 4. The van der Waals surface area contributed by atoms with Crippen LogP contribution in [0.3, 0.4) is 0 Å². The second-order valence-corrected chi connectivity index (χ2v) is 12.6. The fourth-order valence-electron chi connectivity index (χ4n) is 6.97.